The Hall–Kier alpha value is -2.84. The van der Waals surface area contributed by atoms with Crippen LogP contribution in [0.4, 0.5) is 10.1 Å². The smallest absolute Gasteiger partial charge is 0.360 e. The lowest BCUT2D eigenvalue weighted by Crippen LogP contribution is -2.06. The van der Waals surface area contributed by atoms with Gasteiger partial charge in [0.05, 0.1) is 30.3 Å². The quantitative estimate of drug-likeness (QED) is 0.473. The zero-order valence-corrected chi connectivity index (χ0v) is 10.3. The van der Waals surface area contributed by atoms with Crippen LogP contribution in [-0.2, 0) is 11.3 Å². The third-order valence-electron chi connectivity index (χ3n) is 2.54. The number of methoxy groups -OCH3 is 1. The minimum atomic E-state index is -0.727. The van der Waals surface area contributed by atoms with Gasteiger partial charge in [-0.15, -0.1) is 5.10 Å². The predicted molar refractivity (Wildman–Crippen MR) is 63.5 cm³/mol. The third kappa shape index (κ3) is 2.60. The lowest BCUT2D eigenvalue weighted by molar-refractivity contribution is -0.385. The van der Waals surface area contributed by atoms with E-state index >= 15 is 0 Å². The average Bonchev–Trinajstić information content (AvgIpc) is 2.88. The summed E-state index contributed by atoms with van der Waals surface area (Å²) in [6.45, 7) is -0.215. The maximum Gasteiger partial charge on any atom is 0.360 e. The zero-order chi connectivity index (χ0) is 14.7. The van der Waals surface area contributed by atoms with Gasteiger partial charge in [-0.25, -0.2) is 13.9 Å². The molecule has 0 aliphatic carbocycles. The van der Waals surface area contributed by atoms with Crippen LogP contribution in [0.5, 0.6) is 0 Å². The lowest BCUT2D eigenvalue weighted by Gasteiger charge is -2.03. The van der Waals surface area contributed by atoms with Gasteiger partial charge in [-0.3, -0.25) is 10.1 Å². The normalized spacial score (nSPS) is 10.3. The summed E-state index contributed by atoms with van der Waals surface area (Å²) >= 11 is 0. The van der Waals surface area contributed by atoms with E-state index in [1.54, 1.807) is 0 Å². The summed E-state index contributed by atoms with van der Waals surface area (Å²) < 4.78 is 19.2. The van der Waals surface area contributed by atoms with Crippen LogP contribution >= 0.6 is 0 Å². The van der Waals surface area contributed by atoms with Gasteiger partial charge in [0.25, 0.3) is 5.69 Å². The first-order chi connectivity index (χ1) is 9.52. The molecule has 8 nitrogen and oxygen atoms in total. The summed E-state index contributed by atoms with van der Waals surface area (Å²) in [6.07, 6.45) is 1.22. The number of nitrogens with zero attached hydrogens (tertiary/aromatic N) is 4. The van der Waals surface area contributed by atoms with Crippen LogP contribution < -0.4 is 0 Å². The fourth-order valence-corrected chi connectivity index (χ4v) is 1.61. The molecule has 1 aromatic heterocycles. The average molecular weight is 280 g/mol. The minimum absolute atomic E-state index is 0.0634. The first kappa shape index (κ1) is 13.6. The van der Waals surface area contributed by atoms with Crippen LogP contribution in [0.25, 0.3) is 0 Å². The highest BCUT2D eigenvalue weighted by atomic mass is 19.1. The minimum Gasteiger partial charge on any atom is -0.464 e. The fraction of sp³-hybridized carbons (Fsp3) is 0.182. The van der Waals surface area contributed by atoms with E-state index in [0.717, 1.165) is 10.7 Å². The molecule has 0 aliphatic rings. The maximum atomic E-state index is 13.7. The Labute approximate surface area is 111 Å². The van der Waals surface area contributed by atoms with Crippen molar-refractivity contribution in [3.8, 4) is 0 Å². The number of benzene rings is 1. The number of carbonyl (C=O) groups excluding carboxylic acids is 1. The molecule has 0 fully saturated rings. The first-order valence-electron chi connectivity index (χ1n) is 5.43. The van der Waals surface area contributed by atoms with Gasteiger partial charge in [0, 0.05) is 6.07 Å². The Morgan fingerprint density at radius 1 is 1.55 bits per heavy atom. The molecule has 0 saturated heterocycles. The summed E-state index contributed by atoms with van der Waals surface area (Å²) in [5.41, 5.74) is -0.564. The van der Waals surface area contributed by atoms with E-state index in [1.165, 1.54) is 25.4 Å². The van der Waals surface area contributed by atoms with Gasteiger partial charge in [-0.2, -0.15) is 0 Å². The molecular formula is C11H9FN4O4. The van der Waals surface area contributed by atoms with E-state index in [0.29, 0.717) is 0 Å². The number of carbonyl (C=O) groups is 1. The van der Waals surface area contributed by atoms with Crippen molar-refractivity contribution in [2.75, 3.05) is 7.11 Å². The van der Waals surface area contributed by atoms with Gasteiger partial charge in [0.1, 0.15) is 5.82 Å². The van der Waals surface area contributed by atoms with Crippen LogP contribution in [0.15, 0.2) is 24.4 Å². The Balaban J connectivity index is 2.33. The number of aromatic nitrogens is 3. The Bertz CT molecular complexity index is 670. The molecule has 0 saturated carbocycles. The van der Waals surface area contributed by atoms with E-state index < -0.39 is 16.7 Å². The third-order valence-corrected chi connectivity index (χ3v) is 2.54. The van der Waals surface area contributed by atoms with Crippen molar-refractivity contribution >= 4 is 11.7 Å². The van der Waals surface area contributed by atoms with E-state index in [-0.39, 0.29) is 23.5 Å². The SMILES string of the molecule is COC(=O)c1cn(Cc2c(F)cccc2[N+](=O)[O-])nn1. The Kier molecular flexibility index (Phi) is 3.69. The van der Waals surface area contributed by atoms with Crippen molar-refractivity contribution in [3.63, 3.8) is 0 Å². The van der Waals surface area contributed by atoms with Crippen LogP contribution in [0.1, 0.15) is 16.1 Å². The molecule has 104 valence electrons. The molecule has 0 bridgehead atoms. The van der Waals surface area contributed by atoms with Crippen molar-refractivity contribution in [1.82, 2.24) is 15.0 Å². The molecule has 1 heterocycles. The summed E-state index contributed by atoms with van der Waals surface area (Å²) in [6, 6.07) is 3.55. The maximum absolute atomic E-state index is 13.7. The van der Waals surface area contributed by atoms with Crippen molar-refractivity contribution in [2.24, 2.45) is 0 Å². The Morgan fingerprint density at radius 2 is 2.30 bits per heavy atom. The van der Waals surface area contributed by atoms with Gasteiger partial charge < -0.3 is 4.74 Å². The predicted octanol–water partition coefficient (Wildman–Crippen LogP) is 1.16. The Morgan fingerprint density at radius 3 is 2.95 bits per heavy atom. The second kappa shape index (κ2) is 5.43. The van der Waals surface area contributed by atoms with Gasteiger partial charge >= 0.3 is 5.97 Å². The van der Waals surface area contributed by atoms with E-state index in [2.05, 4.69) is 15.0 Å². The van der Waals surface area contributed by atoms with Gasteiger partial charge in [-0.05, 0) is 6.07 Å². The molecule has 2 rings (SSSR count). The molecule has 0 amide bonds. The van der Waals surface area contributed by atoms with Gasteiger partial charge in [0.15, 0.2) is 5.69 Å². The van der Waals surface area contributed by atoms with Crippen LogP contribution in [0.2, 0.25) is 0 Å². The summed E-state index contributed by atoms with van der Waals surface area (Å²) in [4.78, 5) is 21.4. The second-order valence-corrected chi connectivity index (χ2v) is 3.79. The molecule has 0 atom stereocenters. The highest BCUT2D eigenvalue weighted by molar-refractivity contribution is 5.86. The molecule has 0 unspecified atom stereocenters. The highest BCUT2D eigenvalue weighted by Gasteiger charge is 2.19. The largest absolute Gasteiger partial charge is 0.464 e. The number of ether oxygens (including phenoxy) is 1. The summed E-state index contributed by atoms with van der Waals surface area (Å²) in [7, 11) is 1.18. The van der Waals surface area contributed by atoms with Crippen molar-refractivity contribution < 1.29 is 18.8 Å². The molecule has 0 aliphatic heterocycles. The number of halogens is 1. The topological polar surface area (TPSA) is 100 Å². The number of hydrogen-bond donors (Lipinski definition) is 0. The van der Waals surface area contributed by atoms with Crippen molar-refractivity contribution in [1.29, 1.82) is 0 Å². The second-order valence-electron chi connectivity index (χ2n) is 3.79. The zero-order valence-electron chi connectivity index (χ0n) is 10.3. The first-order valence-corrected chi connectivity index (χ1v) is 5.43. The standard InChI is InChI=1S/C11H9FN4O4/c1-20-11(17)9-6-15(14-13-9)5-7-8(12)3-2-4-10(7)16(18)19/h2-4,6H,5H2,1H3. The molecular weight excluding hydrogens is 271 g/mol. The fourth-order valence-electron chi connectivity index (χ4n) is 1.61. The highest BCUT2D eigenvalue weighted by Crippen LogP contribution is 2.22. The molecule has 0 spiro atoms. The van der Waals surface area contributed by atoms with Crippen LogP contribution in [-0.4, -0.2) is 33.0 Å². The van der Waals surface area contributed by atoms with Crippen molar-refractivity contribution in [2.45, 2.75) is 6.54 Å². The van der Waals surface area contributed by atoms with E-state index in [1.807, 2.05) is 0 Å². The van der Waals surface area contributed by atoms with Crippen LogP contribution in [0, 0.1) is 15.9 Å². The van der Waals surface area contributed by atoms with Crippen molar-refractivity contribution in [3.05, 3.63) is 51.6 Å². The number of nitro groups is 1. The van der Waals surface area contributed by atoms with Crippen LogP contribution in [0.3, 0.4) is 0 Å². The van der Waals surface area contributed by atoms with E-state index in [4.69, 9.17) is 0 Å². The molecule has 2 aromatic rings. The molecule has 9 heteroatoms. The summed E-state index contributed by atoms with van der Waals surface area (Å²) in [5, 5.41) is 18.0. The molecule has 20 heavy (non-hydrogen) atoms. The number of rotatable bonds is 4. The molecule has 0 N–H and O–H groups in total. The summed E-state index contributed by atoms with van der Waals surface area (Å²) in [5.74, 6) is -1.42. The number of hydrogen-bond acceptors (Lipinski definition) is 6. The number of esters is 1. The van der Waals surface area contributed by atoms with Gasteiger partial charge in [0.2, 0.25) is 0 Å². The molecule has 0 radical (unpaired) electrons. The monoisotopic (exact) mass is 280 g/mol. The van der Waals surface area contributed by atoms with E-state index in [9.17, 15) is 19.3 Å². The molecule has 1 aromatic carbocycles. The van der Waals surface area contributed by atoms with Gasteiger partial charge in [-0.1, -0.05) is 11.3 Å². The lowest BCUT2D eigenvalue weighted by atomic mass is 10.1. The number of nitro benzene ring substituents is 1.